The van der Waals surface area contributed by atoms with E-state index in [1.165, 1.54) is 5.56 Å². The van der Waals surface area contributed by atoms with E-state index in [-0.39, 0.29) is 5.91 Å². The molecule has 0 bridgehead atoms. The van der Waals surface area contributed by atoms with Crippen molar-refractivity contribution >= 4 is 5.91 Å². The van der Waals surface area contributed by atoms with E-state index < -0.39 is 0 Å². The summed E-state index contributed by atoms with van der Waals surface area (Å²) >= 11 is 0. The molecule has 1 saturated heterocycles. The predicted octanol–water partition coefficient (Wildman–Crippen LogP) is 3.01. The molecule has 3 rings (SSSR count). The van der Waals surface area contributed by atoms with Gasteiger partial charge in [0, 0.05) is 50.5 Å². The number of hydrogen-bond acceptors (Lipinski definition) is 3. The standard InChI is InChI=1S/C20H28N4O/c1-17(18-7-3-2-4-8-18)23-15-10-19(11-16-23)22-20(25)9-5-13-24-14-6-12-21-24/h2-4,6-8,12,14,17,19H,5,9-11,13,15-16H2,1H3,(H,22,25)/t17-/m1/s1. The second kappa shape index (κ2) is 8.81. The summed E-state index contributed by atoms with van der Waals surface area (Å²) in [5, 5.41) is 7.36. The average Bonchev–Trinajstić information content (AvgIpc) is 3.16. The molecule has 0 aliphatic carbocycles. The monoisotopic (exact) mass is 340 g/mol. The third-order valence-corrected chi connectivity index (χ3v) is 5.07. The number of rotatable bonds is 7. The highest BCUT2D eigenvalue weighted by atomic mass is 16.1. The Bertz CT molecular complexity index is 633. The maximum absolute atomic E-state index is 12.1. The van der Waals surface area contributed by atoms with Crippen molar-refractivity contribution in [2.45, 2.75) is 51.2 Å². The van der Waals surface area contributed by atoms with E-state index in [4.69, 9.17) is 0 Å². The van der Waals surface area contributed by atoms with Gasteiger partial charge in [0.05, 0.1) is 0 Å². The van der Waals surface area contributed by atoms with Gasteiger partial charge >= 0.3 is 0 Å². The first-order valence-electron chi connectivity index (χ1n) is 9.28. The number of likely N-dealkylation sites (tertiary alicyclic amines) is 1. The van der Waals surface area contributed by atoms with Crippen molar-refractivity contribution in [1.29, 1.82) is 0 Å². The van der Waals surface area contributed by atoms with Gasteiger partial charge in [-0.3, -0.25) is 14.4 Å². The number of piperidine rings is 1. The zero-order valence-corrected chi connectivity index (χ0v) is 15.0. The number of carbonyl (C=O) groups excluding carboxylic acids is 1. The zero-order valence-electron chi connectivity index (χ0n) is 15.0. The molecule has 1 N–H and O–H groups in total. The molecule has 0 spiro atoms. The molecule has 1 atom stereocenters. The largest absolute Gasteiger partial charge is 0.353 e. The fourth-order valence-corrected chi connectivity index (χ4v) is 3.51. The van der Waals surface area contributed by atoms with Gasteiger partial charge < -0.3 is 5.32 Å². The van der Waals surface area contributed by atoms with Crippen molar-refractivity contribution in [2.75, 3.05) is 13.1 Å². The number of aryl methyl sites for hydroxylation is 1. The van der Waals surface area contributed by atoms with Gasteiger partial charge in [0.1, 0.15) is 0 Å². The lowest BCUT2D eigenvalue weighted by Gasteiger charge is -2.36. The Balaban J connectivity index is 1.36. The Morgan fingerprint density at radius 3 is 2.68 bits per heavy atom. The van der Waals surface area contributed by atoms with Crippen LogP contribution in [0.2, 0.25) is 0 Å². The van der Waals surface area contributed by atoms with E-state index in [1.807, 2.05) is 16.9 Å². The minimum absolute atomic E-state index is 0.168. The third-order valence-electron chi connectivity index (χ3n) is 5.07. The highest BCUT2D eigenvalue weighted by Crippen LogP contribution is 2.24. The number of amides is 1. The summed E-state index contributed by atoms with van der Waals surface area (Å²) in [6.07, 6.45) is 7.16. The molecular weight excluding hydrogens is 312 g/mol. The minimum atomic E-state index is 0.168. The molecule has 134 valence electrons. The number of nitrogens with one attached hydrogen (secondary N) is 1. The normalized spacial score (nSPS) is 17.3. The molecule has 0 unspecified atom stereocenters. The number of aromatic nitrogens is 2. The van der Waals surface area contributed by atoms with E-state index in [0.717, 1.165) is 38.9 Å². The Morgan fingerprint density at radius 2 is 2.00 bits per heavy atom. The van der Waals surface area contributed by atoms with Gasteiger partial charge in [-0.2, -0.15) is 5.10 Å². The summed E-state index contributed by atoms with van der Waals surface area (Å²) in [4.78, 5) is 14.6. The number of hydrogen-bond donors (Lipinski definition) is 1. The molecule has 1 aliphatic rings. The molecule has 2 heterocycles. The molecule has 0 saturated carbocycles. The summed E-state index contributed by atoms with van der Waals surface area (Å²) in [6.45, 7) is 5.14. The molecule has 1 amide bonds. The van der Waals surface area contributed by atoms with Crippen LogP contribution in [0.3, 0.4) is 0 Å². The van der Waals surface area contributed by atoms with Gasteiger partial charge in [-0.05, 0) is 37.8 Å². The van der Waals surface area contributed by atoms with Crippen molar-refractivity contribution in [2.24, 2.45) is 0 Å². The second-order valence-electron chi connectivity index (χ2n) is 6.84. The van der Waals surface area contributed by atoms with Crippen LogP contribution >= 0.6 is 0 Å². The van der Waals surface area contributed by atoms with E-state index in [1.54, 1.807) is 6.20 Å². The number of nitrogens with zero attached hydrogens (tertiary/aromatic N) is 3. The zero-order chi connectivity index (χ0) is 17.5. The van der Waals surface area contributed by atoms with Crippen molar-refractivity contribution in [3.05, 3.63) is 54.4 Å². The molecule has 1 aliphatic heterocycles. The van der Waals surface area contributed by atoms with E-state index in [9.17, 15) is 4.79 Å². The molecule has 1 aromatic carbocycles. The van der Waals surface area contributed by atoms with Crippen molar-refractivity contribution in [3.8, 4) is 0 Å². The molecule has 5 nitrogen and oxygen atoms in total. The quantitative estimate of drug-likeness (QED) is 0.843. The van der Waals surface area contributed by atoms with Crippen LogP contribution in [0.1, 0.15) is 44.2 Å². The molecule has 1 aromatic heterocycles. The van der Waals surface area contributed by atoms with E-state index >= 15 is 0 Å². The molecule has 2 aromatic rings. The molecule has 0 radical (unpaired) electrons. The van der Waals surface area contributed by atoms with Crippen molar-refractivity contribution < 1.29 is 4.79 Å². The SMILES string of the molecule is C[C@H](c1ccccc1)N1CCC(NC(=O)CCCn2cccn2)CC1. The first-order chi connectivity index (χ1) is 12.2. The molecule has 1 fully saturated rings. The topological polar surface area (TPSA) is 50.2 Å². The molecule has 25 heavy (non-hydrogen) atoms. The molecular formula is C20H28N4O. The van der Waals surface area contributed by atoms with Crippen LogP contribution in [0.5, 0.6) is 0 Å². The maximum Gasteiger partial charge on any atom is 0.220 e. The summed E-state index contributed by atoms with van der Waals surface area (Å²) in [5.41, 5.74) is 1.36. The van der Waals surface area contributed by atoms with Crippen LogP contribution in [0.15, 0.2) is 48.8 Å². The first-order valence-corrected chi connectivity index (χ1v) is 9.28. The van der Waals surface area contributed by atoms with Crippen LogP contribution < -0.4 is 5.32 Å². The summed E-state index contributed by atoms with van der Waals surface area (Å²) in [5.74, 6) is 0.168. The smallest absolute Gasteiger partial charge is 0.220 e. The summed E-state index contributed by atoms with van der Waals surface area (Å²) < 4.78 is 1.87. The van der Waals surface area contributed by atoms with Crippen LogP contribution in [0.25, 0.3) is 0 Å². The third kappa shape index (κ3) is 5.16. The Morgan fingerprint density at radius 1 is 1.24 bits per heavy atom. The lowest BCUT2D eigenvalue weighted by Crippen LogP contribution is -2.45. The number of carbonyl (C=O) groups is 1. The first kappa shape index (κ1) is 17.7. The minimum Gasteiger partial charge on any atom is -0.353 e. The lowest BCUT2D eigenvalue weighted by atomic mass is 10.00. The van der Waals surface area contributed by atoms with E-state index in [2.05, 4.69) is 52.6 Å². The van der Waals surface area contributed by atoms with Crippen molar-refractivity contribution in [3.63, 3.8) is 0 Å². The Kier molecular flexibility index (Phi) is 6.23. The van der Waals surface area contributed by atoms with Gasteiger partial charge in [-0.1, -0.05) is 30.3 Å². The number of benzene rings is 1. The fraction of sp³-hybridized carbons (Fsp3) is 0.500. The van der Waals surface area contributed by atoms with Crippen LogP contribution in [0.4, 0.5) is 0 Å². The van der Waals surface area contributed by atoms with Gasteiger partial charge in [-0.15, -0.1) is 0 Å². The van der Waals surface area contributed by atoms with Crippen LogP contribution in [-0.2, 0) is 11.3 Å². The highest BCUT2D eigenvalue weighted by Gasteiger charge is 2.24. The average molecular weight is 340 g/mol. The van der Waals surface area contributed by atoms with Crippen LogP contribution in [0, 0.1) is 0 Å². The molecule has 5 heteroatoms. The summed E-state index contributed by atoms with van der Waals surface area (Å²) in [7, 11) is 0. The lowest BCUT2D eigenvalue weighted by molar-refractivity contribution is -0.122. The predicted molar refractivity (Wildman–Crippen MR) is 99.1 cm³/mol. The van der Waals surface area contributed by atoms with Gasteiger partial charge in [0.2, 0.25) is 5.91 Å². The Hall–Kier alpha value is -2.14. The summed E-state index contributed by atoms with van der Waals surface area (Å²) in [6, 6.07) is 13.3. The maximum atomic E-state index is 12.1. The Labute approximate surface area is 150 Å². The van der Waals surface area contributed by atoms with Gasteiger partial charge in [0.15, 0.2) is 0 Å². The second-order valence-corrected chi connectivity index (χ2v) is 6.84. The van der Waals surface area contributed by atoms with Gasteiger partial charge in [-0.25, -0.2) is 0 Å². The van der Waals surface area contributed by atoms with E-state index in [0.29, 0.717) is 18.5 Å². The van der Waals surface area contributed by atoms with Gasteiger partial charge in [0.25, 0.3) is 0 Å². The van der Waals surface area contributed by atoms with Crippen LogP contribution in [-0.4, -0.2) is 39.7 Å². The highest BCUT2D eigenvalue weighted by molar-refractivity contribution is 5.76. The fourth-order valence-electron chi connectivity index (χ4n) is 3.51. The van der Waals surface area contributed by atoms with Crippen molar-refractivity contribution in [1.82, 2.24) is 20.0 Å².